The summed E-state index contributed by atoms with van der Waals surface area (Å²) in [5, 5.41) is 4.46. The highest BCUT2D eigenvalue weighted by Gasteiger charge is 2.18. The molecule has 0 spiro atoms. The van der Waals surface area contributed by atoms with Crippen LogP contribution >= 0.6 is 11.8 Å². The van der Waals surface area contributed by atoms with Crippen molar-refractivity contribution in [2.45, 2.75) is 38.5 Å². The van der Waals surface area contributed by atoms with Crippen molar-refractivity contribution in [3.63, 3.8) is 0 Å². The van der Waals surface area contributed by atoms with Crippen LogP contribution < -0.4 is 0 Å². The number of aromatic nitrogens is 2. The molecular weight excluding hydrogens is 388 g/mol. The second kappa shape index (κ2) is 9.05. The molecular formula is C22H22N2O4S. The number of benzene rings is 1. The summed E-state index contributed by atoms with van der Waals surface area (Å²) < 4.78 is 10.3. The summed E-state index contributed by atoms with van der Waals surface area (Å²) in [5.74, 6) is 0.429. The average Bonchev–Trinajstić information content (AvgIpc) is 3.12. The number of hydrogen-bond acceptors (Lipinski definition) is 7. The summed E-state index contributed by atoms with van der Waals surface area (Å²) >= 11 is 1.36. The first-order valence-corrected chi connectivity index (χ1v) is 10.1. The molecule has 3 rings (SSSR count). The van der Waals surface area contributed by atoms with Gasteiger partial charge in [-0.25, -0.2) is 9.78 Å². The van der Waals surface area contributed by atoms with Gasteiger partial charge in [-0.05, 0) is 62.6 Å². The molecule has 7 heteroatoms. The quantitative estimate of drug-likeness (QED) is 0.319. The van der Waals surface area contributed by atoms with E-state index < -0.39 is 5.97 Å². The average molecular weight is 410 g/mol. The molecule has 0 saturated carbocycles. The van der Waals surface area contributed by atoms with E-state index >= 15 is 0 Å². The Morgan fingerprint density at radius 3 is 2.52 bits per heavy atom. The molecule has 0 aliphatic rings. The molecule has 0 radical (unpaired) electrons. The molecule has 0 saturated heterocycles. The Balaban J connectivity index is 1.66. The summed E-state index contributed by atoms with van der Waals surface area (Å²) in [6.45, 7) is 7.33. The number of ether oxygens (including phenoxy) is 1. The van der Waals surface area contributed by atoms with Gasteiger partial charge in [-0.1, -0.05) is 23.0 Å². The van der Waals surface area contributed by atoms with Crippen LogP contribution in [0.4, 0.5) is 0 Å². The number of pyridine rings is 1. The van der Waals surface area contributed by atoms with Crippen molar-refractivity contribution in [2.75, 3.05) is 6.61 Å². The van der Waals surface area contributed by atoms with Crippen LogP contribution in [0.3, 0.4) is 0 Å². The molecule has 29 heavy (non-hydrogen) atoms. The molecule has 0 fully saturated rings. The predicted octanol–water partition coefficient (Wildman–Crippen LogP) is 4.64. The molecule has 2 heterocycles. The van der Waals surface area contributed by atoms with Gasteiger partial charge >= 0.3 is 5.97 Å². The first kappa shape index (κ1) is 20.8. The SMILES string of the molecule is Cc1cc(CSc2ncccc2C(=O)OCC(=O)c2cc(C)c(C)cc2C)no1. The van der Waals surface area contributed by atoms with Gasteiger partial charge in [-0.15, -0.1) is 0 Å². The lowest BCUT2D eigenvalue weighted by molar-refractivity contribution is 0.0470. The van der Waals surface area contributed by atoms with Gasteiger partial charge in [0.15, 0.2) is 6.61 Å². The minimum absolute atomic E-state index is 0.227. The lowest BCUT2D eigenvalue weighted by atomic mass is 9.98. The molecule has 0 N–H and O–H groups in total. The van der Waals surface area contributed by atoms with Gasteiger partial charge < -0.3 is 9.26 Å². The van der Waals surface area contributed by atoms with E-state index in [0.29, 0.717) is 21.9 Å². The van der Waals surface area contributed by atoms with Gasteiger partial charge in [0, 0.05) is 23.6 Å². The maximum atomic E-state index is 12.6. The third-order valence-electron chi connectivity index (χ3n) is 4.50. The van der Waals surface area contributed by atoms with Crippen molar-refractivity contribution in [1.29, 1.82) is 0 Å². The highest BCUT2D eigenvalue weighted by molar-refractivity contribution is 7.98. The Labute approximate surface area is 173 Å². The van der Waals surface area contributed by atoms with E-state index in [4.69, 9.17) is 9.26 Å². The Bertz CT molecular complexity index is 1060. The van der Waals surface area contributed by atoms with Crippen molar-refractivity contribution >= 4 is 23.5 Å². The van der Waals surface area contributed by atoms with E-state index in [0.717, 1.165) is 28.1 Å². The van der Waals surface area contributed by atoms with Crippen molar-refractivity contribution in [2.24, 2.45) is 0 Å². The van der Waals surface area contributed by atoms with E-state index in [1.807, 2.05) is 45.9 Å². The molecule has 0 amide bonds. The van der Waals surface area contributed by atoms with Gasteiger partial charge in [0.05, 0.1) is 11.3 Å². The molecule has 1 aromatic carbocycles. The minimum Gasteiger partial charge on any atom is -0.454 e. The molecule has 150 valence electrons. The Morgan fingerprint density at radius 1 is 1.03 bits per heavy atom. The van der Waals surface area contributed by atoms with Crippen LogP contribution in [0.15, 0.2) is 46.1 Å². The number of rotatable bonds is 7. The number of esters is 1. The maximum absolute atomic E-state index is 12.6. The lowest BCUT2D eigenvalue weighted by Gasteiger charge is -2.10. The molecule has 0 unspecified atom stereocenters. The topological polar surface area (TPSA) is 82.3 Å². The zero-order valence-corrected chi connectivity index (χ0v) is 17.6. The highest BCUT2D eigenvalue weighted by atomic mass is 32.2. The number of aryl methyl sites for hydroxylation is 4. The Morgan fingerprint density at radius 2 is 1.79 bits per heavy atom. The zero-order chi connectivity index (χ0) is 21.0. The molecule has 0 aliphatic carbocycles. The van der Waals surface area contributed by atoms with Crippen molar-refractivity contribution in [3.05, 3.63) is 75.8 Å². The monoisotopic (exact) mass is 410 g/mol. The summed E-state index contributed by atoms with van der Waals surface area (Å²) in [5.41, 5.74) is 4.67. The number of hydrogen-bond donors (Lipinski definition) is 0. The van der Waals surface area contributed by atoms with Crippen molar-refractivity contribution in [3.8, 4) is 0 Å². The first-order chi connectivity index (χ1) is 13.8. The second-order valence-electron chi connectivity index (χ2n) is 6.82. The van der Waals surface area contributed by atoms with Crippen LogP contribution in [0.5, 0.6) is 0 Å². The van der Waals surface area contributed by atoms with Gasteiger partial charge in [-0.3, -0.25) is 4.79 Å². The van der Waals surface area contributed by atoms with E-state index in [1.165, 1.54) is 11.8 Å². The van der Waals surface area contributed by atoms with Gasteiger partial charge in [0.1, 0.15) is 10.8 Å². The predicted molar refractivity (Wildman–Crippen MR) is 110 cm³/mol. The standard InChI is InChI=1S/C22H22N2O4S/c1-13-8-15(3)19(9-14(13)2)20(25)11-27-22(26)18-6-5-7-23-21(18)29-12-17-10-16(4)28-24-17/h5-10H,11-12H2,1-4H3. The molecule has 0 atom stereocenters. The fourth-order valence-corrected chi connectivity index (χ4v) is 3.70. The fourth-order valence-electron chi connectivity index (χ4n) is 2.84. The van der Waals surface area contributed by atoms with Crippen molar-refractivity contribution < 1.29 is 18.8 Å². The van der Waals surface area contributed by atoms with Crippen LogP contribution in [0.25, 0.3) is 0 Å². The van der Waals surface area contributed by atoms with Gasteiger partial charge in [0.25, 0.3) is 0 Å². The smallest absolute Gasteiger partial charge is 0.341 e. The summed E-state index contributed by atoms with van der Waals surface area (Å²) in [4.78, 5) is 29.4. The molecule has 6 nitrogen and oxygen atoms in total. The van der Waals surface area contributed by atoms with E-state index in [2.05, 4.69) is 10.1 Å². The highest BCUT2D eigenvalue weighted by Crippen LogP contribution is 2.25. The third kappa shape index (κ3) is 5.12. The summed E-state index contributed by atoms with van der Waals surface area (Å²) in [6.07, 6.45) is 1.61. The minimum atomic E-state index is -0.577. The maximum Gasteiger partial charge on any atom is 0.341 e. The van der Waals surface area contributed by atoms with E-state index in [-0.39, 0.29) is 12.4 Å². The number of carbonyl (C=O) groups is 2. The van der Waals surface area contributed by atoms with E-state index in [1.54, 1.807) is 18.3 Å². The Kier molecular flexibility index (Phi) is 6.49. The number of nitrogens with zero attached hydrogens (tertiary/aromatic N) is 2. The number of Topliss-reactive ketones (excluding diaryl/α,β-unsaturated/α-hetero) is 1. The number of ketones is 1. The molecule has 3 aromatic rings. The van der Waals surface area contributed by atoms with E-state index in [9.17, 15) is 9.59 Å². The van der Waals surface area contributed by atoms with Crippen LogP contribution in [0.1, 0.15) is 48.9 Å². The second-order valence-corrected chi connectivity index (χ2v) is 7.79. The third-order valence-corrected chi connectivity index (χ3v) is 5.54. The molecule has 0 aliphatic heterocycles. The Hall–Kier alpha value is -2.93. The molecule has 0 bridgehead atoms. The normalized spacial score (nSPS) is 10.8. The van der Waals surface area contributed by atoms with Crippen LogP contribution in [-0.2, 0) is 10.5 Å². The largest absolute Gasteiger partial charge is 0.454 e. The summed E-state index contributed by atoms with van der Waals surface area (Å²) in [6, 6.07) is 8.93. The van der Waals surface area contributed by atoms with Crippen LogP contribution in [0, 0.1) is 27.7 Å². The number of thioether (sulfide) groups is 1. The fraction of sp³-hybridized carbons (Fsp3) is 0.273. The zero-order valence-electron chi connectivity index (χ0n) is 16.8. The lowest BCUT2D eigenvalue weighted by Crippen LogP contribution is -2.16. The first-order valence-electron chi connectivity index (χ1n) is 9.13. The van der Waals surface area contributed by atoms with Crippen LogP contribution in [-0.4, -0.2) is 28.5 Å². The van der Waals surface area contributed by atoms with Gasteiger partial charge in [0.2, 0.25) is 5.78 Å². The summed E-state index contributed by atoms with van der Waals surface area (Å²) in [7, 11) is 0. The molecule has 2 aromatic heterocycles. The van der Waals surface area contributed by atoms with Crippen molar-refractivity contribution in [1.82, 2.24) is 10.1 Å². The van der Waals surface area contributed by atoms with Gasteiger partial charge in [-0.2, -0.15) is 0 Å². The van der Waals surface area contributed by atoms with Crippen LogP contribution in [0.2, 0.25) is 0 Å². The number of carbonyl (C=O) groups excluding carboxylic acids is 2.